The van der Waals surface area contributed by atoms with Gasteiger partial charge in [0.25, 0.3) is 0 Å². The van der Waals surface area contributed by atoms with Crippen LogP contribution in [0.15, 0.2) is 42.5 Å². The molecule has 2 N–H and O–H groups in total. The number of hydrogen-bond acceptors (Lipinski definition) is 4. The summed E-state index contributed by atoms with van der Waals surface area (Å²) in [6, 6.07) is 13.0. The molecule has 28 heavy (non-hydrogen) atoms. The quantitative estimate of drug-likeness (QED) is 0.658. The first-order valence-corrected chi connectivity index (χ1v) is 9.20. The molecule has 0 saturated heterocycles. The van der Waals surface area contributed by atoms with E-state index in [0.717, 1.165) is 35.5 Å². The van der Waals surface area contributed by atoms with Gasteiger partial charge in [-0.05, 0) is 61.6 Å². The monoisotopic (exact) mass is 398 g/mol. The van der Waals surface area contributed by atoms with Gasteiger partial charge in [0.2, 0.25) is 0 Å². The van der Waals surface area contributed by atoms with Gasteiger partial charge in [-0.1, -0.05) is 24.3 Å². The first-order chi connectivity index (χ1) is 12.9. The lowest BCUT2D eigenvalue weighted by molar-refractivity contribution is 0.590. The zero-order chi connectivity index (χ0) is 19.1. The van der Waals surface area contributed by atoms with Crippen LogP contribution in [0.25, 0.3) is 11.4 Å². The smallest absolute Gasteiger partial charge is 0.164 e. The van der Waals surface area contributed by atoms with Crippen molar-refractivity contribution in [1.82, 2.24) is 9.97 Å². The Morgan fingerprint density at radius 2 is 1.89 bits per heavy atom. The van der Waals surface area contributed by atoms with E-state index in [2.05, 4.69) is 36.7 Å². The van der Waals surface area contributed by atoms with Crippen molar-refractivity contribution in [2.75, 3.05) is 17.2 Å². The van der Waals surface area contributed by atoms with Gasteiger partial charge < -0.3 is 10.6 Å². The second-order valence-corrected chi connectivity index (χ2v) is 7.18. The largest absolute Gasteiger partial charge is 0.384 e. The molecule has 4 rings (SSSR count). The lowest BCUT2D eigenvalue weighted by Gasteiger charge is -2.36. The van der Waals surface area contributed by atoms with Gasteiger partial charge in [0.05, 0.1) is 6.04 Å². The molecule has 0 amide bonds. The van der Waals surface area contributed by atoms with E-state index in [1.165, 1.54) is 17.2 Å². The summed E-state index contributed by atoms with van der Waals surface area (Å²) >= 11 is 0. The molecule has 6 heteroatoms. The van der Waals surface area contributed by atoms with Crippen LogP contribution in [0.3, 0.4) is 0 Å². The van der Waals surface area contributed by atoms with Crippen LogP contribution in [0, 0.1) is 19.7 Å². The minimum atomic E-state index is -0.208. The maximum Gasteiger partial charge on any atom is 0.164 e. The number of aromatic nitrogens is 2. The summed E-state index contributed by atoms with van der Waals surface area (Å²) < 4.78 is 13.8. The molecule has 0 saturated carbocycles. The van der Waals surface area contributed by atoms with Gasteiger partial charge in [0.15, 0.2) is 5.82 Å². The molecule has 0 bridgehead atoms. The van der Waals surface area contributed by atoms with E-state index in [1.807, 2.05) is 18.2 Å². The van der Waals surface area contributed by atoms with Gasteiger partial charge in [-0.15, -0.1) is 12.4 Å². The molecule has 1 atom stereocenters. The lowest BCUT2D eigenvalue weighted by atomic mass is 9.93. The highest BCUT2D eigenvalue weighted by molar-refractivity contribution is 5.85. The number of nitrogens with zero attached hydrogens (tertiary/aromatic N) is 3. The number of nitrogens with two attached hydrogens (primary N) is 1. The summed E-state index contributed by atoms with van der Waals surface area (Å²) in [5.74, 6) is 1.64. The summed E-state index contributed by atoms with van der Waals surface area (Å²) in [5.41, 5.74) is 11.6. The Kier molecular flexibility index (Phi) is 5.57. The minimum absolute atomic E-state index is 0. The fraction of sp³-hybridized carbons (Fsp3) is 0.273. The second kappa shape index (κ2) is 7.76. The van der Waals surface area contributed by atoms with Gasteiger partial charge in [-0.3, -0.25) is 0 Å². The van der Waals surface area contributed by atoms with Crippen molar-refractivity contribution in [3.8, 4) is 11.4 Å². The van der Waals surface area contributed by atoms with E-state index in [4.69, 9.17) is 10.7 Å². The van der Waals surface area contributed by atoms with Gasteiger partial charge in [0, 0.05) is 18.2 Å². The summed E-state index contributed by atoms with van der Waals surface area (Å²) in [4.78, 5) is 11.5. The minimum Gasteiger partial charge on any atom is -0.384 e. The highest BCUT2D eigenvalue weighted by Crippen LogP contribution is 2.34. The number of fused-ring (bicyclic) bond motifs is 1. The molecular formula is C22H24ClFN4. The molecule has 4 nitrogen and oxygen atoms in total. The zero-order valence-electron chi connectivity index (χ0n) is 16.2. The van der Waals surface area contributed by atoms with Crippen LogP contribution in [0.4, 0.5) is 16.0 Å². The maximum absolute atomic E-state index is 13.8. The van der Waals surface area contributed by atoms with Crippen LogP contribution in [-0.4, -0.2) is 16.5 Å². The standard InChI is InChI=1S/C22H23FN4.ClH/c1-13-5-4-6-18(14(13)2)22-25-20(24)12-21(26-22)27-10-9-16-7-8-17(23)11-19(16)15(27)3;/h4-8,11-12,15H,9-10H2,1-3H3,(H2,24,25,26);1H. The number of rotatable bonds is 2. The Balaban J connectivity index is 0.00000225. The maximum atomic E-state index is 13.8. The molecule has 0 aliphatic carbocycles. The van der Waals surface area contributed by atoms with Gasteiger partial charge in [0.1, 0.15) is 17.5 Å². The molecule has 146 valence electrons. The number of halogens is 2. The molecule has 3 aromatic rings. The van der Waals surface area contributed by atoms with Crippen LogP contribution < -0.4 is 10.6 Å². The van der Waals surface area contributed by atoms with E-state index < -0.39 is 0 Å². The van der Waals surface area contributed by atoms with E-state index >= 15 is 0 Å². The predicted molar refractivity (Wildman–Crippen MR) is 114 cm³/mol. The van der Waals surface area contributed by atoms with Crippen LogP contribution in [0.5, 0.6) is 0 Å². The number of aryl methyl sites for hydroxylation is 1. The SMILES string of the molecule is Cc1cccc(-c2nc(N)cc(N3CCc4ccc(F)cc4C3C)n2)c1C.Cl. The fourth-order valence-corrected chi connectivity index (χ4v) is 3.81. The highest BCUT2D eigenvalue weighted by Gasteiger charge is 2.26. The van der Waals surface area contributed by atoms with Crippen molar-refractivity contribution in [2.45, 2.75) is 33.2 Å². The van der Waals surface area contributed by atoms with Crippen molar-refractivity contribution in [2.24, 2.45) is 0 Å². The van der Waals surface area contributed by atoms with Crippen molar-refractivity contribution in [3.05, 3.63) is 70.5 Å². The third-order valence-corrected chi connectivity index (χ3v) is 5.52. The van der Waals surface area contributed by atoms with Crippen molar-refractivity contribution in [3.63, 3.8) is 0 Å². The van der Waals surface area contributed by atoms with Crippen LogP contribution in [0.2, 0.25) is 0 Å². The number of anilines is 2. The number of benzene rings is 2. The van der Waals surface area contributed by atoms with Crippen molar-refractivity contribution in [1.29, 1.82) is 0 Å². The van der Waals surface area contributed by atoms with Gasteiger partial charge >= 0.3 is 0 Å². The first-order valence-electron chi connectivity index (χ1n) is 9.20. The van der Waals surface area contributed by atoms with Crippen LogP contribution >= 0.6 is 12.4 Å². The molecule has 0 fully saturated rings. The predicted octanol–water partition coefficient (Wildman–Crippen LogP) is 5.03. The summed E-state index contributed by atoms with van der Waals surface area (Å²) in [6.45, 7) is 7.03. The molecular weight excluding hydrogens is 375 g/mol. The Hall–Kier alpha value is -2.66. The van der Waals surface area contributed by atoms with E-state index in [-0.39, 0.29) is 24.3 Å². The first kappa shape index (κ1) is 20.1. The number of hydrogen-bond donors (Lipinski definition) is 1. The molecule has 2 aromatic carbocycles. The van der Waals surface area contributed by atoms with Crippen LogP contribution in [0.1, 0.15) is 35.2 Å². The molecule has 2 heterocycles. The van der Waals surface area contributed by atoms with E-state index in [0.29, 0.717) is 11.6 Å². The summed E-state index contributed by atoms with van der Waals surface area (Å²) in [7, 11) is 0. The highest BCUT2D eigenvalue weighted by atomic mass is 35.5. The molecule has 1 aromatic heterocycles. The van der Waals surface area contributed by atoms with Crippen molar-refractivity contribution >= 4 is 24.0 Å². The molecule has 1 aliphatic heterocycles. The van der Waals surface area contributed by atoms with Crippen molar-refractivity contribution < 1.29 is 4.39 Å². The fourth-order valence-electron chi connectivity index (χ4n) is 3.81. The zero-order valence-corrected chi connectivity index (χ0v) is 17.1. The Morgan fingerprint density at radius 3 is 2.68 bits per heavy atom. The molecule has 1 aliphatic rings. The summed E-state index contributed by atoms with van der Waals surface area (Å²) in [6.07, 6.45) is 0.850. The van der Waals surface area contributed by atoms with Gasteiger partial charge in [-0.2, -0.15) is 0 Å². The Bertz CT molecular complexity index is 1020. The summed E-state index contributed by atoms with van der Waals surface area (Å²) in [5, 5.41) is 0. The average molecular weight is 399 g/mol. The third kappa shape index (κ3) is 3.54. The number of nitrogen functional groups attached to an aromatic ring is 1. The Morgan fingerprint density at radius 1 is 1.11 bits per heavy atom. The Labute approximate surface area is 171 Å². The molecule has 0 radical (unpaired) electrons. The van der Waals surface area contributed by atoms with E-state index in [1.54, 1.807) is 12.1 Å². The second-order valence-electron chi connectivity index (χ2n) is 7.18. The normalized spacial score (nSPS) is 15.7. The average Bonchev–Trinajstić information content (AvgIpc) is 2.64. The molecule has 1 unspecified atom stereocenters. The van der Waals surface area contributed by atoms with E-state index in [9.17, 15) is 4.39 Å². The van der Waals surface area contributed by atoms with Gasteiger partial charge in [-0.25, -0.2) is 14.4 Å². The topological polar surface area (TPSA) is 55.0 Å². The van der Waals surface area contributed by atoms with Crippen LogP contribution in [-0.2, 0) is 6.42 Å². The molecule has 0 spiro atoms. The lowest BCUT2D eigenvalue weighted by Crippen LogP contribution is -2.34. The third-order valence-electron chi connectivity index (χ3n) is 5.52.